The van der Waals surface area contributed by atoms with Crippen molar-refractivity contribution >= 4 is 0 Å². The van der Waals surface area contributed by atoms with Crippen LogP contribution >= 0.6 is 0 Å². The lowest BCUT2D eigenvalue weighted by Gasteiger charge is -2.22. The number of hydrogen-bond acceptors (Lipinski definition) is 1. The van der Waals surface area contributed by atoms with Gasteiger partial charge in [-0.3, -0.25) is 0 Å². The number of nitrogens with one attached hydrogen (secondary N) is 1. The second-order valence-electron chi connectivity index (χ2n) is 4.13. The summed E-state index contributed by atoms with van der Waals surface area (Å²) >= 11 is 0. The van der Waals surface area contributed by atoms with Crippen molar-refractivity contribution in [1.29, 1.82) is 0 Å². The maximum absolute atomic E-state index is 3.72. The van der Waals surface area contributed by atoms with Crippen LogP contribution in [0, 0.1) is 0 Å². The largest absolute Gasteiger partial charge is 0.312 e. The molecule has 0 bridgehead atoms. The van der Waals surface area contributed by atoms with Crippen molar-refractivity contribution in [3.05, 3.63) is 0 Å². The third-order valence-corrected chi connectivity index (χ3v) is 2.52. The lowest BCUT2D eigenvalue weighted by atomic mass is 10.0. The van der Waals surface area contributed by atoms with E-state index in [9.17, 15) is 0 Å². The van der Waals surface area contributed by atoms with E-state index >= 15 is 0 Å². The molecule has 0 aromatic heterocycles. The minimum atomic E-state index is 0.702. The molecule has 0 aliphatic carbocycles. The fourth-order valence-electron chi connectivity index (χ4n) is 1.93. The maximum Gasteiger partial charge on any atom is 0.00693 e. The zero-order valence-corrected chi connectivity index (χ0v) is 9.90. The first-order valence-electron chi connectivity index (χ1n) is 6.00. The van der Waals surface area contributed by atoms with Gasteiger partial charge in [-0.25, -0.2) is 0 Å². The van der Waals surface area contributed by atoms with Crippen LogP contribution in [0.1, 0.15) is 66.2 Å². The summed E-state index contributed by atoms with van der Waals surface area (Å²) in [6.07, 6.45) is 7.87. The van der Waals surface area contributed by atoms with Crippen molar-refractivity contribution in [1.82, 2.24) is 5.32 Å². The highest BCUT2D eigenvalue weighted by Gasteiger charge is 2.09. The fraction of sp³-hybridized carbons (Fsp3) is 1.00. The molecular weight excluding hydrogens is 158 g/mol. The van der Waals surface area contributed by atoms with Crippen LogP contribution in [0.25, 0.3) is 0 Å². The van der Waals surface area contributed by atoms with Crippen LogP contribution in [0.15, 0.2) is 0 Å². The second-order valence-corrected chi connectivity index (χ2v) is 4.13. The van der Waals surface area contributed by atoms with Crippen LogP contribution in [0.2, 0.25) is 0 Å². The lowest BCUT2D eigenvalue weighted by molar-refractivity contribution is 0.383. The fourth-order valence-corrected chi connectivity index (χ4v) is 1.93. The van der Waals surface area contributed by atoms with E-state index in [1.165, 1.54) is 38.5 Å². The summed E-state index contributed by atoms with van der Waals surface area (Å²) in [5.41, 5.74) is 0. The monoisotopic (exact) mass is 185 g/mol. The normalized spacial score (nSPS) is 13.6. The van der Waals surface area contributed by atoms with Crippen LogP contribution < -0.4 is 5.32 Å². The van der Waals surface area contributed by atoms with Crippen LogP contribution in [0.4, 0.5) is 0 Å². The van der Waals surface area contributed by atoms with E-state index in [4.69, 9.17) is 0 Å². The van der Waals surface area contributed by atoms with E-state index in [0.29, 0.717) is 6.04 Å². The summed E-state index contributed by atoms with van der Waals surface area (Å²) in [6.45, 7) is 9.11. The predicted molar refractivity (Wildman–Crippen MR) is 61.1 cm³/mol. The highest BCUT2D eigenvalue weighted by Crippen LogP contribution is 2.07. The minimum absolute atomic E-state index is 0.702. The molecule has 0 aromatic rings. The first-order chi connectivity index (χ1) is 6.24. The van der Waals surface area contributed by atoms with Gasteiger partial charge in [0.25, 0.3) is 0 Å². The first kappa shape index (κ1) is 13.0. The smallest absolute Gasteiger partial charge is 0.00693 e. The molecule has 0 radical (unpaired) electrons. The summed E-state index contributed by atoms with van der Waals surface area (Å²) in [7, 11) is 0. The van der Waals surface area contributed by atoms with Crippen molar-refractivity contribution in [3.63, 3.8) is 0 Å². The molecule has 0 rings (SSSR count). The molecule has 0 fully saturated rings. The molecule has 0 amide bonds. The molecule has 1 unspecified atom stereocenters. The maximum atomic E-state index is 3.72. The van der Waals surface area contributed by atoms with Crippen molar-refractivity contribution in [3.8, 4) is 0 Å². The Labute approximate surface area is 84.3 Å². The molecule has 1 N–H and O–H groups in total. The number of rotatable bonds is 8. The summed E-state index contributed by atoms with van der Waals surface area (Å²) in [4.78, 5) is 0. The quantitative estimate of drug-likeness (QED) is 0.607. The minimum Gasteiger partial charge on any atom is -0.312 e. The Morgan fingerprint density at radius 1 is 0.846 bits per heavy atom. The van der Waals surface area contributed by atoms with Crippen LogP contribution in [-0.2, 0) is 0 Å². The average Bonchev–Trinajstić information content (AvgIpc) is 2.05. The summed E-state index contributed by atoms with van der Waals surface area (Å²) in [5, 5.41) is 3.72. The Morgan fingerprint density at radius 2 is 1.31 bits per heavy atom. The topological polar surface area (TPSA) is 12.0 Å². The predicted octanol–water partition coefficient (Wildman–Crippen LogP) is 3.73. The standard InChI is InChI=1S/C12H27N/c1-5-8-11(4)13-12(9-6-2)10-7-3/h11-13H,5-10H2,1-4H3. The molecule has 0 aliphatic heterocycles. The van der Waals surface area contributed by atoms with Crippen LogP contribution in [0.5, 0.6) is 0 Å². The third-order valence-electron chi connectivity index (χ3n) is 2.52. The molecule has 0 saturated carbocycles. The van der Waals surface area contributed by atoms with E-state index in [2.05, 4.69) is 33.0 Å². The van der Waals surface area contributed by atoms with E-state index < -0.39 is 0 Å². The van der Waals surface area contributed by atoms with Gasteiger partial charge < -0.3 is 5.32 Å². The van der Waals surface area contributed by atoms with Gasteiger partial charge in [-0.05, 0) is 26.2 Å². The first-order valence-corrected chi connectivity index (χ1v) is 6.00. The molecule has 13 heavy (non-hydrogen) atoms. The molecule has 80 valence electrons. The summed E-state index contributed by atoms with van der Waals surface area (Å²) < 4.78 is 0. The average molecular weight is 185 g/mol. The van der Waals surface area contributed by atoms with E-state index in [-0.39, 0.29) is 0 Å². The van der Waals surface area contributed by atoms with Crippen molar-refractivity contribution in [2.24, 2.45) is 0 Å². The molecule has 0 aliphatic rings. The van der Waals surface area contributed by atoms with Crippen LogP contribution in [0.3, 0.4) is 0 Å². The van der Waals surface area contributed by atoms with Gasteiger partial charge in [0.05, 0.1) is 0 Å². The Kier molecular flexibility index (Phi) is 8.53. The van der Waals surface area contributed by atoms with E-state index in [1.807, 2.05) is 0 Å². The highest BCUT2D eigenvalue weighted by molar-refractivity contribution is 4.70. The van der Waals surface area contributed by atoms with Gasteiger partial charge in [-0.15, -0.1) is 0 Å². The lowest BCUT2D eigenvalue weighted by Crippen LogP contribution is -2.36. The number of hydrogen-bond donors (Lipinski definition) is 1. The highest BCUT2D eigenvalue weighted by atomic mass is 14.9. The zero-order chi connectivity index (χ0) is 10.1. The summed E-state index contributed by atoms with van der Waals surface area (Å²) in [6, 6.07) is 1.46. The Morgan fingerprint density at radius 3 is 1.69 bits per heavy atom. The van der Waals surface area contributed by atoms with Gasteiger partial charge in [-0.2, -0.15) is 0 Å². The molecular formula is C12H27N. The third kappa shape index (κ3) is 7.06. The van der Waals surface area contributed by atoms with Crippen molar-refractivity contribution in [2.75, 3.05) is 0 Å². The van der Waals surface area contributed by atoms with E-state index in [1.54, 1.807) is 0 Å². The molecule has 0 heterocycles. The molecule has 1 heteroatoms. The SMILES string of the molecule is CCCC(C)NC(CCC)CCC. The Balaban J connectivity index is 3.64. The molecule has 1 atom stereocenters. The second kappa shape index (κ2) is 8.55. The Hall–Kier alpha value is -0.0400. The van der Waals surface area contributed by atoms with Crippen molar-refractivity contribution in [2.45, 2.75) is 78.3 Å². The molecule has 0 aromatic carbocycles. The van der Waals surface area contributed by atoms with Gasteiger partial charge in [0.15, 0.2) is 0 Å². The summed E-state index contributed by atoms with van der Waals surface area (Å²) in [5.74, 6) is 0. The zero-order valence-electron chi connectivity index (χ0n) is 9.90. The van der Waals surface area contributed by atoms with Gasteiger partial charge in [0.1, 0.15) is 0 Å². The molecule has 0 spiro atoms. The van der Waals surface area contributed by atoms with Crippen LogP contribution in [-0.4, -0.2) is 12.1 Å². The molecule has 0 saturated heterocycles. The van der Waals surface area contributed by atoms with E-state index in [0.717, 1.165) is 6.04 Å². The van der Waals surface area contributed by atoms with Gasteiger partial charge >= 0.3 is 0 Å². The van der Waals surface area contributed by atoms with Crippen molar-refractivity contribution < 1.29 is 0 Å². The molecule has 1 nitrogen and oxygen atoms in total. The Bertz CT molecular complexity index is 95.3. The van der Waals surface area contributed by atoms with Gasteiger partial charge in [0.2, 0.25) is 0 Å². The van der Waals surface area contributed by atoms with Gasteiger partial charge in [-0.1, -0.05) is 40.0 Å². The van der Waals surface area contributed by atoms with Gasteiger partial charge in [0, 0.05) is 12.1 Å².